The summed E-state index contributed by atoms with van der Waals surface area (Å²) in [5.41, 5.74) is 2.47. The van der Waals surface area contributed by atoms with E-state index >= 15 is 0 Å². The first kappa shape index (κ1) is 19.5. The number of hydrogen-bond donors (Lipinski definition) is 2. The summed E-state index contributed by atoms with van der Waals surface area (Å²) in [6, 6.07) is 15.8. The number of aromatic nitrogens is 1. The lowest BCUT2D eigenvalue weighted by Crippen LogP contribution is -2.14. The summed E-state index contributed by atoms with van der Waals surface area (Å²) in [5.74, 6) is 0.593. The number of thiophene rings is 1. The second-order valence-corrected chi connectivity index (χ2v) is 8.90. The van der Waals surface area contributed by atoms with Gasteiger partial charge in [-0.3, -0.25) is 0 Å². The molecule has 0 bridgehead atoms. The zero-order valence-corrected chi connectivity index (χ0v) is 16.8. The van der Waals surface area contributed by atoms with E-state index in [1.807, 2.05) is 11.4 Å². The molecule has 0 saturated carbocycles. The van der Waals surface area contributed by atoms with Gasteiger partial charge in [-0.1, -0.05) is 43.7 Å². The van der Waals surface area contributed by atoms with E-state index in [1.54, 1.807) is 17.4 Å². The first-order valence-corrected chi connectivity index (χ1v) is 11.3. The Labute approximate surface area is 164 Å². The van der Waals surface area contributed by atoms with Gasteiger partial charge in [0.2, 0.25) is 10.0 Å². The highest BCUT2D eigenvalue weighted by molar-refractivity contribution is 7.89. The van der Waals surface area contributed by atoms with E-state index in [2.05, 4.69) is 47.6 Å². The molecule has 1 atom stereocenters. The van der Waals surface area contributed by atoms with E-state index in [9.17, 15) is 8.42 Å². The quantitative estimate of drug-likeness (QED) is 0.588. The third-order valence-electron chi connectivity index (χ3n) is 4.32. The molecule has 3 rings (SSSR count). The van der Waals surface area contributed by atoms with Gasteiger partial charge in [0.25, 0.3) is 0 Å². The fourth-order valence-electron chi connectivity index (χ4n) is 2.81. The van der Waals surface area contributed by atoms with E-state index in [4.69, 9.17) is 5.14 Å². The van der Waals surface area contributed by atoms with Crippen molar-refractivity contribution in [2.75, 3.05) is 5.32 Å². The van der Waals surface area contributed by atoms with Gasteiger partial charge >= 0.3 is 0 Å². The van der Waals surface area contributed by atoms with Gasteiger partial charge in [-0.05, 0) is 47.5 Å². The molecule has 0 fully saturated rings. The van der Waals surface area contributed by atoms with E-state index in [0.717, 1.165) is 16.9 Å². The van der Waals surface area contributed by atoms with Gasteiger partial charge in [0.05, 0.1) is 6.04 Å². The van der Waals surface area contributed by atoms with Crippen molar-refractivity contribution in [1.29, 1.82) is 0 Å². The molecule has 0 unspecified atom stereocenters. The molecule has 142 valence electrons. The number of rotatable bonds is 8. The Bertz CT molecular complexity index is 951. The molecule has 7 heteroatoms. The number of primary sulfonamides is 1. The molecule has 0 spiro atoms. The van der Waals surface area contributed by atoms with E-state index in [0.29, 0.717) is 5.82 Å². The highest BCUT2D eigenvalue weighted by Gasteiger charge is 2.16. The number of benzene rings is 1. The normalized spacial score (nSPS) is 12.7. The van der Waals surface area contributed by atoms with Crippen LogP contribution < -0.4 is 10.5 Å². The maximum atomic E-state index is 11.4. The van der Waals surface area contributed by atoms with Crippen molar-refractivity contribution in [2.24, 2.45) is 5.14 Å². The molecule has 0 amide bonds. The fraction of sp³-hybridized carbons (Fsp3) is 0.250. The third kappa shape index (κ3) is 5.15. The topological polar surface area (TPSA) is 85.1 Å². The van der Waals surface area contributed by atoms with Crippen LogP contribution in [0.15, 0.2) is 65.0 Å². The summed E-state index contributed by atoms with van der Waals surface area (Å²) in [4.78, 5) is 5.37. The lowest BCUT2D eigenvalue weighted by atomic mass is 10.0. The van der Waals surface area contributed by atoms with Crippen molar-refractivity contribution in [2.45, 2.75) is 37.1 Å². The lowest BCUT2D eigenvalue weighted by molar-refractivity contribution is 0.597. The van der Waals surface area contributed by atoms with Crippen LogP contribution in [0.1, 0.15) is 41.8 Å². The predicted octanol–water partition coefficient (Wildman–Crippen LogP) is 4.33. The number of unbranched alkanes of at least 4 members (excludes halogenated alkanes) is 1. The Morgan fingerprint density at radius 2 is 1.93 bits per heavy atom. The molecule has 2 aromatic heterocycles. The van der Waals surface area contributed by atoms with Crippen LogP contribution in [-0.2, 0) is 16.4 Å². The van der Waals surface area contributed by atoms with Crippen molar-refractivity contribution in [3.63, 3.8) is 0 Å². The fourth-order valence-corrected chi connectivity index (χ4v) is 4.07. The van der Waals surface area contributed by atoms with Gasteiger partial charge in [-0.25, -0.2) is 18.5 Å². The smallest absolute Gasteiger partial charge is 0.239 e. The molecule has 0 radical (unpaired) electrons. The second kappa shape index (κ2) is 8.65. The molecular weight excluding hydrogens is 378 g/mol. The number of nitrogens with zero attached hydrogens (tertiary/aromatic N) is 1. The Morgan fingerprint density at radius 3 is 2.48 bits per heavy atom. The zero-order valence-electron chi connectivity index (χ0n) is 15.1. The number of pyridine rings is 1. The summed E-state index contributed by atoms with van der Waals surface area (Å²) in [5, 5.41) is 10.6. The maximum Gasteiger partial charge on any atom is 0.239 e. The van der Waals surface area contributed by atoms with Crippen LogP contribution in [0.2, 0.25) is 0 Å². The first-order chi connectivity index (χ1) is 13.0. The van der Waals surface area contributed by atoms with Crippen LogP contribution in [0, 0.1) is 0 Å². The molecule has 0 aliphatic rings. The zero-order chi connectivity index (χ0) is 19.3. The number of nitrogens with two attached hydrogens (primary N) is 1. The molecule has 3 aromatic rings. The minimum atomic E-state index is -3.74. The van der Waals surface area contributed by atoms with Gasteiger partial charge in [0, 0.05) is 11.1 Å². The predicted molar refractivity (Wildman–Crippen MR) is 110 cm³/mol. The van der Waals surface area contributed by atoms with E-state index in [-0.39, 0.29) is 10.9 Å². The molecule has 2 heterocycles. The Balaban J connectivity index is 1.84. The molecule has 0 saturated heterocycles. The Kier molecular flexibility index (Phi) is 6.26. The number of anilines is 1. The summed E-state index contributed by atoms with van der Waals surface area (Å²) in [6.07, 6.45) is 4.73. The summed E-state index contributed by atoms with van der Waals surface area (Å²) in [6.45, 7) is 2.19. The number of nitrogens with one attached hydrogen (secondary N) is 1. The average molecular weight is 402 g/mol. The Morgan fingerprint density at radius 1 is 1.15 bits per heavy atom. The minimum Gasteiger partial charge on any atom is -0.358 e. The average Bonchev–Trinajstić information content (AvgIpc) is 3.19. The maximum absolute atomic E-state index is 11.4. The highest BCUT2D eigenvalue weighted by Crippen LogP contribution is 2.29. The third-order valence-corrected chi connectivity index (χ3v) is 6.15. The molecule has 3 N–H and O–H groups in total. The van der Waals surface area contributed by atoms with Crippen molar-refractivity contribution in [3.8, 4) is 0 Å². The standard InChI is InChI=1S/C20H23N3O2S2/c1-2-3-5-15-7-9-16(10-8-15)20(18-6-4-13-26-18)23-19-12-11-17(14-22-19)27(21,24)25/h4,6-14,20H,2-3,5H2,1H3,(H,22,23)(H2,21,24,25)/t20-/m1/s1. The van der Waals surface area contributed by atoms with Gasteiger partial charge in [-0.15, -0.1) is 11.3 Å². The largest absolute Gasteiger partial charge is 0.358 e. The number of sulfonamides is 1. The van der Waals surface area contributed by atoms with E-state index < -0.39 is 10.0 Å². The SMILES string of the molecule is CCCCc1ccc([C@@H](Nc2ccc(S(N)(=O)=O)cn2)c2cccs2)cc1. The molecule has 0 aliphatic heterocycles. The van der Waals surface area contributed by atoms with Crippen LogP contribution in [0.5, 0.6) is 0 Å². The molecular formula is C20H23N3O2S2. The van der Waals surface area contributed by atoms with Crippen molar-refractivity contribution >= 4 is 27.2 Å². The van der Waals surface area contributed by atoms with Crippen molar-refractivity contribution < 1.29 is 8.42 Å². The van der Waals surface area contributed by atoms with Gasteiger partial charge in [0.15, 0.2) is 0 Å². The van der Waals surface area contributed by atoms with Gasteiger partial charge < -0.3 is 5.32 Å². The van der Waals surface area contributed by atoms with Crippen LogP contribution in [-0.4, -0.2) is 13.4 Å². The van der Waals surface area contributed by atoms with Gasteiger partial charge in [-0.2, -0.15) is 0 Å². The first-order valence-electron chi connectivity index (χ1n) is 8.85. The van der Waals surface area contributed by atoms with Crippen molar-refractivity contribution in [3.05, 3.63) is 76.1 Å². The molecule has 5 nitrogen and oxygen atoms in total. The van der Waals surface area contributed by atoms with Crippen molar-refractivity contribution in [1.82, 2.24) is 4.98 Å². The highest BCUT2D eigenvalue weighted by atomic mass is 32.2. The lowest BCUT2D eigenvalue weighted by Gasteiger charge is -2.19. The summed E-state index contributed by atoms with van der Waals surface area (Å²) in [7, 11) is -3.74. The number of hydrogen-bond acceptors (Lipinski definition) is 5. The van der Waals surface area contributed by atoms with Crippen LogP contribution >= 0.6 is 11.3 Å². The van der Waals surface area contributed by atoms with Crippen LogP contribution in [0.25, 0.3) is 0 Å². The van der Waals surface area contributed by atoms with Crippen LogP contribution in [0.4, 0.5) is 5.82 Å². The van der Waals surface area contributed by atoms with Crippen LogP contribution in [0.3, 0.4) is 0 Å². The molecule has 27 heavy (non-hydrogen) atoms. The monoisotopic (exact) mass is 401 g/mol. The Hall–Kier alpha value is -2.22. The van der Waals surface area contributed by atoms with E-state index in [1.165, 1.54) is 30.7 Å². The second-order valence-electron chi connectivity index (χ2n) is 6.36. The molecule has 0 aliphatic carbocycles. The summed E-state index contributed by atoms with van der Waals surface area (Å²) < 4.78 is 22.8. The minimum absolute atomic E-state index is 0.000927. The summed E-state index contributed by atoms with van der Waals surface area (Å²) >= 11 is 1.66. The molecule has 1 aromatic carbocycles. The van der Waals surface area contributed by atoms with Gasteiger partial charge in [0.1, 0.15) is 10.7 Å². The number of aryl methyl sites for hydroxylation is 1.